The first-order chi connectivity index (χ1) is 13.0. The Morgan fingerprint density at radius 3 is 2.78 bits per heavy atom. The second-order valence-electron chi connectivity index (χ2n) is 5.93. The van der Waals surface area contributed by atoms with Crippen LogP contribution in [0.25, 0.3) is 10.2 Å². The minimum absolute atomic E-state index is 0.129. The molecule has 0 radical (unpaired) electrons. The highest BCUT2D eigenvalue weighted by molar-refractivity contribution is 8.00. The van der Waals surface area contributed by atoms with Crippen molar-refractivity contribution in [3.05, 3.63) is 40.4 Å². The van der Waals surface area contributed by atoms with E-state index in [2.05, 4.69) is 34.7 Å². The molecular weight excluding hydrogens is 384 g/mol. The summed E-state index contributed by atoms with van der Waals surface area (Å²) in [6.07, 6.45) is 3.15. The van der Waals surface area contributed by atoms with E-state index in [1.807, 2.05) is 6.92 Å². The maximum absolute atomic E-state index is 12.1. The van der Waals surface area contributed by atoms with Crippen LogP contribution in [0.5, 0.6) is 0 Å². The Bertz CT molecular complexity index is 967. The Kier molecular flexibility index (Phi) is 6.12. The van der Waals surface area contributed by atoms with Crippen LogP contribution in [0.4, 0.5) is 0 Å². The monoisotopic (exact) mass is 404 g/mol. The summed E-state index contributed by atoms with van der Waals surface area (Å²) in [6.45, 7) is 6.19. The van der Waals surface area contributed by atoms with E-state index in [0.717, 1.165) is 39.5 Å². The zero-order chi connectivity index (χ0) is 19.4. The minimum Gasteiger partial charge on any atom is -0.459 e. The van der Waals surface area contributed by atoms with Gasteiger partial charge in [0.15, 0.2) is 5.76 Å². The van der Waals surface area contributed by atoms with Gasteiger partial charge < -0.3 is 4.42 Å². The zero-order valence-electron chi connectivity index (χ0n) is 15.3. The van der Waals surface area contributed by atoms with Gasteiger partial charge >= 0.3 is 5.91 Å². The number of nitrogens with one attached hydrogen (secondary N) is 2. The van der Waals surface area contributed by atoms with Crippen molar-refractivity contribution in [1.29, 1.82) is 0 Å². The second kappa shape index (κ2) is 8.53. The smallest absolute Gasteiger partial charge is 0.305 e. The van der Waals surface area contributed by atoms with Crippen molar-refractivity contribution >= 4 is 45.1 Å². The summed E-state index contributed by atoms with van der Waals surface area (Å²) in [7, 11) is 0. The van der Waals surface area contributed by atoms with Crippen LogP contribution >= 0.6 is 23.1 Å². The van der Waals surface area contributed by atoms with E-state index in [1.54, 1.807) is 17.4 Å². The highest BCUT2D eigenvalue weighted by Crippen LogP contribution is 2.35. The Labute approximate surface area is 164 Å². The molecule has 0 unspecified atom stereocenters. The predicted octanol–water partition coefficient (Wildman–Crippen LogP) is 3.41. The molecule has 2 N–H and O–H groups in total. The van der Waals surface area contributed by atoms with Gasteiger partial charge in [-0.2, -0.15) is 0 Å². The molecule has 142 valence electrons. The van der Waals surface area contributed by atoms with Gasteiger partial charge in [0.2, 0.25) is 5.91 Å². The third kappa shape index (κ3) is 4.48. The molecule has 0 aliphatic carbocycles. The number of nitrogens with zero attached hydrogens (tertiary/aromatic N) is 2. The van der Waals surface area contributed by atoms with Gasteiger partial charge in [0.05, 0.1) is 12.0 Å². The molecule has 3 rings (SSSR count). The standard InChI is InChI=1S/C18H20N4O3S2/c1-4-6-13-19-17(15-10(2)11(3)27-18(15)20-13)26-9-14(23)21-22-16(24)12-7-5-8-25-12/h5,7-8H,4,6,9H2,1-3H3,(H,21,23)(H,22,24). The quantitative estimate of drug-likeness (QED) is 0.371. The van der Waals surface area contributed by atoms with Crippen molar-refractivity contribution in [3.8, 4) is 0 Å². The molecule has 3 aromatic heterocycles. The van der Waals surface area contributed by atoms with Crippen LogP contribution in [-0.4, -0.2) is 27.5 Å². The van der Waals surface area contributed by atoms with Gasteiger partial charge in [-0.1, -0.05) is 18.7 Å². The van der Waals surface area contributed by atoms with E-state index in [4.69, 9.17) is 4.42 Å². The van der Waals surface area contributed by atoms with E-state index in [0.29, 0.717) is 0 Å². The maximum atomic E-state index is 12.1. The number of amides is 2. The number of fused-ring (bicyclic) bond motifs is 1. The van der Waals surface area contributed by atoms with Crippen LogP contribution < -0.4 is 10.9 Å². The second-order valence-corrected chi connectivity index (χ2v) is 8.09. The molecule has 0 fully saturated rings. The van der Waals surface area contributed by atoms with E-state index in [9.17, 15) is 9.59 Å². The fourth-order valence-corrected chi connectivity index (χ4v) is 4.48. The fourth-order valence-electron chi connectivity index (χ4n) is 2.46. The summed E-state index contributed by atoms with van der Waals surface area (Å²) in [4.78, 5) is 35.3. The summed E-state index contributed by atoms with van der Waals surface area (Å²) in [6, 6.07) is 3.12. The molecule has 2 amide bonds. The molecule has 0 aromatic carbocycles. The zero-order valence-corrected chi connectivity index (χ0v) is 16.9. The van der Waals surface area contributed by atoms with Gasteiger partial charge in [0.25, 0.3) is 0 Å². The summed E-state index contributed by atoms with van der Waals surface area (Å²) >= 11 is 2.99. The first kappa shape index (κ1) is 19.4. The third-order valence-corrected chi connectivity index (χ3v) is 5.99. The molecule has 0 aliphatic heterocycles. The van der Waals surface area contributed by atoms with Gasteiger partial charge in [0.1, 0.15) is 15.7 Å². The molecular formula is C18H20N4O3S2. The largest absolute Gasteiger partial charge is 0.459 e. The third-order valence-electron chi connectivity index (χ3n) is 3.92. The van der Waals surface area contributed by atoms with Gasteiger partial charge in [-0.15, -0.1) is 11.3 Å². The lowest BCUT2D eigenvalue weighted by Crippen LogP contribution is -2.42. The number of hydrazine groups is 1. The number of carbonyl (C=O) groups excluding carboxylic acids is 2. The molecule has 9 heteroatoms. The average Bonchev–Trinajstić information content (AvgIpc) is 3.27. The predicted molar refractivity (Wildman–Crippen MR) is 106 cm³/mol. The number of hydrogen-bond acceptors (Lipinski definition) is 7. The van der Waals surface area contributed by atoms with E-state index in [1.165, 1.54) is 29.0 Å². The number of aromatic nitrogens is 2. The van der Waals surface area contributed by atoms with Crippen LogP contribution in [0.3, 0.4) is 0 Å². The first-order valence-electron chi connectivity index (χ1n) is 8.51. The van der Waals surface area contributed by atoms with Crippen molar-refractivity contribution in [2.75, 3.05) is 5.75 Å². The van der Waals surface area contributed by atoms with E-state index in [-0.39, 0.29) is 17.4 Å². The van der Waals surface area contributed by atoms with Crippen molar-refractivity contribution in [3.63, 3.8) is 0 Å². The summed E-state index contributed by atoms with van der Waals surface area (Å²) in [5.41, 5.74) is 5.86. The maximum Gasteiger partial charge on any atom is 0.305 e. The van der Waals surface area contributed by atoms with Crippen LogP contribution in [0.1, 0.15) is 40.2 Å². The number of rotatable bonds is 6. The molecule has 0 saturated heterocycles. The van der Waals surface area contributed by atoms with Gasteiger partial charge in [-0.3, -0.25) is 20.4 Å². The number of aryl methyl sites for hydroxylation is 3. The van der Waals surface area contributed by atoms with Crippen LogP contribution in [0, 0.1) is 13.8 Å². The highest BCUT2D eigenvalue weighted by atomic mass is 32.2. The first-order valence-corrected chi connectivity index (χ1v) is 10.3. The molecule has 0 bridgehead atoms. The number of hydrogen-bond donors (Lipinski definition) is 2. The molecule has 7 nitrogen and oxygen atoms in total. The average molecular weight is 405 g/mol. The van der Waals surface area contributed by atoms with Crippen molar-refractivity contribution < 1.29 is 14.0 Å². The lowest BCUT2D eigenvalue weighted by atomic mass is 10.2. The minimum atomic E-state index is -0.502. The SMILES string of the molecule is CCCc1nc(SCC(=O)NNC(=O)c2ccco2)c2c(C)c(C)sc2n1. The van der Waals surface area contributed by atoms with Crippen LogP contribution in [-0.2, 0) is 11.2 Å². The number of furan rings is 1. The lowest BCUT2D eigenvalue weighted by Gasteiger charge is -2.08. The molecule has 0 spiro atoms. The molecule has 3 aromatic rings. The Balaban J connectivity index is 1.68. The molecule has 27 heavy (non-hydrogen) atoms. The summed E-state index contributed by atoms with van der Waals surface area (Å²) in [5, 5.41) is 1.81. The Hall–Kier alpha value is -2.39. The molecule has 0 saturated carbocycles. The topological polar surface area (TPSA) is 97.1 Å². The van der Waals surface area contributed by atoms with Crippen molar-refractivity contribution in [2.24, 2.45) is 0 Å². The summed E-state index contributed by atoms with van der Waals surface area (Å²) in [5.74, 6) is 0.227. The highest BCUT2D eigenvalue weighted by Gasteiger charge is 2.16. The fraction of sp³-hybridized carbons (Fsp3) is 0.333. The van der Waals surface area contributed by atoms with Crippen LogP contribution in [0.15, 0.2) is 27.8 Å². The molecule has 0 aliphatic rings. The van der Waals surface area contributed by atoms with Gasteiger partial charge in [-0.25, -0.2) is 9.97 Å². The molecule has 0 atom stereocenters. The number of thiophene rings is 1. The van der Waals surface area contributed by atoms with E-state index < -0.39 is 5.91 Å². The van der Waals surface area contributed by atoms with Crippen molar-refractivity contribution in [2.45, 2.75) is 38.6 Å². The normalized spacial score (nSPS) is 10.9. The lowest BCUT2D eigenvalue weighted by molar-refractivity contribution is -0.119. The Morgan fingerprint density at radius 1 is 1.26 bits per heavy atom. The summed E-state index contributed by atoms with van der Waals surface area (Å²) < 4.78 is 4.97. The van der Waals surface area contributed by atoms with E-state index >= 15 is 0 Å². The van der Waals surface area contributed by atoms with Crippen LogP contribution in [0.2, 0.25) is 0 Å². The van der Waals surface area contributed by atoms with Gasteiger partial charge in [-0.05, 0) is 38.0 Å². The van der Waals surface area contributed by atoms with Gasteiger partial charge in [0, 0.05) is 16.7 Å². The Morgan fingerprint density at radius 2 is 2.07 bits per heavy atom. The van der Waals surface area contributed by atoms with Crippen molar-refractivity contribution in [1.82, 2.24) is 20.8 Å². The molecule has 3 heterocycles. The number of thioether (sulfide) groups is 1. The number of carbonyl (C=O) groups is 2.